The Morgan fingerprint density at radius 2 is 2.14 bits per heavy atom. The van der Waals surface area contributed by atoms with Crippen molar-refractivity contribution in [2.24, 2.45) is 0 Å². The lowest BCUT2D eigenvalue weighted by Gasteiger charge is -1.98. The van der Waals surface area contributed by atoms with E-state index in [1.54, 1.807) is 0 Å². The van der Waals surface area contributed by atoms with Crippen molar-refractivity contribution in [1.82, 2.24) is 0 Å². The molecule has 0 aliphatic rings. The zero-order valence-electron chi connectivity index (χ0n) is 5.24. The highest BCUT2D eigenvalue weighted by Gasteiger charge is 2.04. The first-order valence-corrected chi connectivity index (χ1v) is 4.01. The Balaban J connectivity index is 2.95. The summed E-state index contributed by atoms with van der Waals surface area (Å²) in [6.07, 6.45) is 0. The summed E-state index contributed by atoms with van der Waals surface area (Å²) >= 11 is 2.46. The zero-order valence-corrected chi connectivity index (χ0v) is 7.40. The van der Waals surface area contributed by atoms with E-state index in [0.717, 1.165) is 10.2 Å². The van der Waals surface area contributed by atoms with Gasteiger partial charge >= 0.3 is 0 Å². The molecule has 4 heteroatoms. The van der Waals surface area contributed by atoms with Crippen molar-refractivity contribution in [3.63, 3.8) is 0 Å². The van der Waals surface area contributed by atoms with Gasteiger partial charge in [-0.2, -0.15) is 22.4 Å². The average Bonchev–Trinajstić information content (AvgIpc) is 1.27. The molecular weight excluding hydrogens is 195 g/mol. The molecule has 7 heavy (non-hydrogen) atoms. The third-order valence-electron chi connectivity index (χ3n) is 0.796. The Morgan fingerprint density at radius 3 is 2.14 bits per heavy atom. The van der Waals surface area contributed by atoms with E-state index in [1.807, 2.05) is 0 Å². The van der Waals surface area contributed by atoms with Gasteiger partial charge in [-0.15, -0.1) is 0 Å². The zero-order chi connectivity index (χ0) is 5.86. The Kier molecular flexibility index (Phi) is 4.38. The molecule has 0 radical (unpaired) electrons. The monoisotopic (exact) mass is 206 g/mol. The van der Waals surface area contributed by atoms with Gasteiger partial charge in [0, 0.05) is 0 Å². The Labute approximate surface area is 61.4 Å². The van der Waals surface area contributed by atoms with Gasteiger partial charge in [0.15, 0.2) is 0 Å². The predicted octanol–water partition coefficient (Wildman–Crippen LogP) is 0.304. The maximum Gasteiger partial charge on any atom is 0.144 e. The highest BCUT2D eigenvalue weighted by atomic mass is 127. The lowest BCUT2D eigenvalue weighted by atomic mass is 9.24. The maximum atomic E-state index is 2.46. The van der Waals surface area contributed by atoms with Crippen molar-refractivity contribution in [2.75, 3.05) is 0 Å². The summed E-state index contributed by atoms with van der Waals surface area (Å²) in [6.45, 7) is 4.52. The predicted molar refractivity (Wildman–Crippen MR) is 50.6 cm³/mol. The van der Waals surface area contributed by atoms with Crippen LogP contribution in [0.2, 0.25) is 5.82 Å². The molecule has 0 aromatic heterocycles. The minimum Gasteiger partial charge on any atom is -0.171 e. The van der Waals surface area contributed by atoms with Crippen LogP contribution in [0.15, 0.2) is 0 Å². The summed E-state index contributed by atoms with van der Waals surface area (Å²) in [6, 6.07) is 0. The van der Waals surface area contributed by atoms with Crippen molar-refractivity contribution in [1.29, 1.82) is 0 Å². The summed E-state index contributed by atoms with van der Waals surface area (Å²) in [7, 11) is 3.60. The minimum atomic E-state index is 0.845. The first kappa shape index (κ1) is 7.92. The minimum absolute atomic E-state index is 0.845. The van der Waals surface area contributed by atoms with Crippen molar-refractivity contribution in [2.45, 2.75) is 19.7 Å². The highest BCUT2D eigenvalue weighted by molar-refractivity contribution is 14.1. The summed E-state index contributed by atoms with van der Waals surface area (Å²) < 4.78 is 0.845. The van der Waals surface area contributed by atoms with Crippen molar-refractivity contribution in [3.05, 3.63) is 0 Å². The molecule has 0 atom stereocenters. The van der Waals surface area contributed by atoms with Gasteiger partial charge in [0.1, 0.15) is 4.35 Å². The van der Waals surface area contributed by atoms with Crippen LogP contribution < -0.4 is 0 Å². The Bertz CT molecular complexity index is 39.4. The lowest BCUT2D eigenvalue weighted by molar-refractivity contribution is 1.07. The molecule has 0 spiro atoms. The van der Waals surface area contributed by atoms with E-state index in [0.29, 0.717) is 0 Å². The molecule has 0 aromatic rings. The molecule has 0 N–H and O–H groups in total. The fourth-order valence-corrected chi connectivity index (χ4v) is 1.67. The second-order valence-electron chi connectivity index (χ2n) is 2.41. The normalized spacial score (nSPS) is 9.14. The third kappa shape index (κ3) is 6.92. The van der Waals surface area contributed by atoms with Gasteiger partial charge in [-0.3, -0.25) is 0 Å². The van der Waals surface area contributed by atoms with Crippen molar-refractivity contribution < 1.29 is 0 Å². The van der Waals surface area contributed by atoms with Gasteiger partial charge in [0.25, 0.3) is 0 Å². The second-order valence-corrected chi connectivity index (χ2v) is 4.54. The van der Waals surface area contributed by atoms with E-state index in [-0.39, 0.29) is 0 Å². The van der Waals surface area contributed by atoms with E-state index < -0.39 is 0 Å². The molecule has 0 fully saturated rings. The maximum absolute atomic E-state index is 2.46. The summed E-state index contributed by atoms with van der Waals surface area (Å²) in [5.41, 5.74) is 0. The van der Waals surface area contributed by atoms with E-state index in [2.05, 4.69) is 44.0 Å². The Morgan fingerprint density at radius 1 is 1.71 bits per heavy atom. The van der Waals surface area contributed by atoms with Crippen LogP contribution in [0.1, 0.15) is 13.8 Å². The molecule has 0 saturated carbocycles. The lowest BCUT2D eigenvalue weighted by Crippen LogP contribution is -2.16. The highest BCUT2D eigenvalue weighted by Crippen LogP contribution is 2.00. The third-order valence-corrected chi connectivity index (χ3v) is 1.30. The molecule has 38 valence electrons. The van der Waals surface area contributed by atoms with Crippen molar-refractivity contribution in [3.8, 4) is 0 Å². The van der Waals surface area contributed by atoms with Gasteiger partial charge in [0.2, 0.25) is 0 Å². The van der Waals surface area contributed by atoms with E-state index in [4.69, 9.17) is 0 Å². The topological polar surface area (TPSA) is 0 Å². The molecule has 0 aliphatic heterocycles. The van der Waals surface area contributed by atoms with E-state index in [9.17, 15) is 0 Å². The fourth-order valence-electron chi connectivity index (χ4n) is 0.650. The molecule has 0 unspecified atom stereocenters. The fraction of sp³-hybridized carbons (Fsp3) is 1.00. The van der Waals surface area contributed by atoms with Gasteiger partial charge in [-0.1, -0.05) is 19.7 Å². The molecule has 0 nitrogen and oxygen atoms in total. The molecule has 0 aliphatic carbocycles. The first-order chi connectivity index (χ1) is 3.13. The molecule has 0 heterocycles. The number of halogens is 1. The van der Waals surface area contributed by atoms with Crippen LogP contribution in [0.4, 0.5) is 0 Å². The first-order valence-electron chi connectivity index (χ1n) is 2.77. The van der Waals surface area contributed by atoms with Crippen LogP contribution in [0.5, 0.6) is 0 Å². The standard InChI is InChI=1S/C3H10B3I/c1-3(2)5-6(4)7/h3,5H,4H2,1-2H3. The second kappa shape index (κ2) is 3.87. The summed E-state index contributed by atoms with van der Waals surface area (Å²) in [4.78, 5) is 0. The van der Waals surface area contributed by atoms with E-state index in [1.165, 1.54) is 7.17 Å². The van der Waals surface area contributed by atoms with Gasteiger partial charge in [0.05, 0.1) is 14.9 Å². The molecule has 0 aromatic carbocycles. The quantitative estimate of drug-likeness (QED) is 0.449. The molecule has 0 rings (SSSR count). The van der Waals surface area contributed by atoms with Gasteiger partial charge < -0.3 is 0 Å². The molecule has 0 saturated heterocycles. The van der Waals surface area contributed by atoms with Crippen LogP contribution in [0, 0.1) is 0 Å². The van der Waals surface area contributed by atoms with Crippen LogP contribution in [0.3, 0.4) is 0 Å². The summed E-state index contributed by atoms with van der Waals surface area (Å²) in [5.74, 6) is 0.867. The number of rotatable bonds is 2. The van der Waals surface area contributed by atoms with Crippen LogP contribution >= 0.6 is 22.4 Å². The SMILES string of the molecule is BB(I)BC(C)C. The molecular formula is C3H10B3I. The average molecular weight is 205 g/mol. The van der Waals surface area contributed by atoms with Crippen LogP contribution in [0.25, 0.3) is 0 Å². The number of hydrogen-bond acceptors (Lipinski definition) is 0. The van der Waals surface area contributed by atoms with Crippen LogP contribution in [-0.2, 0) is 0 Å². The van der Waals surface area contributed by atoms with E-state index >= 15 is 0 Å². The molecule has 0 amide bonds. The largest absolute Gasteiger partial charge is 0.171 e. The molecule has 0 bridgehead atoms. The summed E-state index contributed by atoms with van der Waals surface area (Å²) in [5, 5.41) is 0. The van der Waals surface area contributed by atoms with Crippen LogP contribution in [-0.4, -0.2) is 19.3 Å². The van der Waals surface area contributed by atoms with Gasteiger partial charge in [-0.25, -0.2) is 0 Å². The van der Waals surface area contributed by atoms with Gasteiger partial charge in [-0.05, 0) is 0 Å². The Hall–Kier alpha value is 0.925. The number of hydrogen-bond donors (Lipinski definition) is 0. The smallest absolute Gasteiger partial charge is 0.144 e. The van der Waals surface area contributed by atoms with Crippen molar-refractivity contribution >= 4 is 41.6 Å².